The van der Waals surface area contributed by atoms with Crippen molar-refractivity contribution in [3.05, 3.63) is 48.3 Å². The van der Waals surface area contributed by atoms with Gasteiger partial charge in [0.1, 0.15) is 6.33 Å². The molecule has 3 aromatic heterocycles. The average Bonchev–Trinajstić information content (AvgIpc) is 3.16. The Morgan fingerprint density at radius 2 is 2.24 bits per heavy atom. The van der Waals surface area contributed by atoms with Gasteiger partial charge in [-0.2, -0.15) is 0 Å². The van der Waals surface area contributed by atoms with E-state index in [4.69, 9.17) is 0 Å². The van der Waals surface area contributed by atoms with Crippen LogP contribution in [0.15, 0.2) is 37.1 Å². The van der Waals surface area contributed by atoms with E-state index in [1.807, 2.05) is 13.0 Å². The lowest BCUT2D eigenvalue weighted by Gasteiger charge is -2.07. The predicted molar refractivity (Wildman–Crippen MR) is 77.1 cm³/mol. The molecule has 106 valence electrons. The first-order valence-electron chi connectivity index (χ1n) is 6.43. The second-order valence-corrected chi connectivity index (χ2v) is 4.51. The van der Waals surface area contributed by atoms with Crippen molar-refractivity contribution in [3.8, 4) is 17.3 Å². The summed E-state index contributed by atoms with van der Waals surface area (Å²) in [5, 5.41) is 2.62. The molecule has 0 saturated heterocycles. The number of nitrogens with one attached hydrogen (secondary N) is 2. The van der Waals surface area contributed by atoms with Crippen molar-refractivity contribution in [2.24, 2.45) is 0 Å². The molecule has 0 unspecified atom stereocenters. The molecule has 3 heterocycles. The summed E-state index contributed by atoms with van der Waals surface area (Å²) in [5.41, 5.74) is 2.68. The van der Waals surface area contributed by atoms with Crippen LogP contribution in [0.1, 0.15) is 16.1 Å². The molecule has 2 N–H and O–H groups in total. The molecule has 0 spiro atoms. The van der Waals surface area contributed by atoms with Gasteiger partial charge in [-0.25, -0.2) is 15.0 Å². The van der Waals surface area contributed by atoms with Gasteiger partial charge >= 0.3 is 0 Å². The van der Waals surface area contributed by atoms with E-state index in [1.165, 1.54) is 0 Å². The van der Waals surface area contributed by atoms with Crippen LogP contribution in [0.3, 0.4) is 0 Å². The quantitative estimate of drug-likeness (QED) is 0.758. The largest absolute Gasteiger partial charge is 0.359 e. The standard InChI is InChI=1S/C14H14N6O/c1-9-7-11(12-10(3-4-17-12)13(21)15-2)19-14(18-9)20-6-5-16-8-20/h3-8,17H,1-2H3,(H,15,21). The SMILES string of the molecule is CNC(=O)c1cc[nH]c1-c1cc(C)nc(-n2ccnc2)n1. The zero-order chi connectivity index (χ0) is 14.8. The number of imidazole rings is 1. The Kier molecular flexibility index (Phi) is 3.23. The van der Waals surface area contributed by atoms with Gasteiger partial charge in [-0.15, -0.1) is 0 Å². The minimum Gasteiger partial charge on any atom is -0.359 e. The highest BCUT2D eigenvalue weighted by atomic mass is 16.1. The van der Waals surface area contributed by atoms with Crippen LogP contribution in [-0.4, -0.2) is 37.5 Å². The van der Waals surface area contributed by atoms with Gasteiger partial charge in [0.25, 0.3) is 5.91 Å². The molecular weight excluding hydrogens is 268 g/mol. The molecule has 0 radical (unpaired) electrons. The molecule has 0 fully saturated rings. The second-order valence-electron chi connectivity index (χ2n) is 4.51. The predicted octanol–water partition coefficient (Wildman–Crippen LogP) is 1.33. The van der Waals surface area contributed by atoms with E-state index < -0.39 is 0 Å². The topological polar surface area (TPSA) is 88.5 Å². The minimum absolute atomic E-state index is 0.160. The maximum absolute atomic E-state index is 11.9. The summed E-state index contributed by atoms with van der Waals surface area (Å²) in [5.74, 6) is 0.353. The number of carbonyl (C=O) groups is 1. The molecule has 3 aromatic rings. The van der Waals surface area contributed by atoms with E-state index in [1.54, 1.807) is 42.6 Å². The highest BCUT2D eigenvalue weighted by molar-refractivity contribution is 5.99. The summed E-state index contributed by atoms with van der Waals surface area (Å²) in [6, 6.07) is 3.56. The van der Waals surface area contributed by atoms with Crippen molar-refractivity contribution in [2.45, 2.75) is 6.92 Å². The van der Waals surface area contributed by atoms with Gasteiger partial charge in [-0.05, 0) is 19.1 Å². The summed E-state index contributed by atoms with van der Waals surface area (Å²) in [7, 11) is 1.60. The summed E-state index contributed by atoms with van der Waals surface area (Å²) in [6.07, 6.45) is 6.78. The molecule has 0 aromatic carbocycles. The zero-order valence-electron chi connectivity index (χ0n) is 11.7. The van der Waals surface area contributed by atoms with Crippen molar-refractivity contribution in [2.75, 3.05) is 7.05 Å². The van der Waals surface area contributed by atoms with Crippen LogP contribution in [0.4, 0.5) is 0 Å². The first-order chi connectivity index (χ1) is 10.2. The Morgan fingerprint density at radius 3 is 2.95 bits per heavy atom. The Morgan fingerprint density at radius 1 is 1.38 bits per heavy atom. The van der Waals surface area contributed by atoms with E-state index in [0.29, 0.717) is 22.9 Å². The third-order valence-electron chi connectivity index (χ3n) is 3.05. The molecule has 7 nitrogen and oxygen atoms in total. The normalized spacial score (nSPS) is 10.6. The molecule has 21 heavy (non-hydrogen) atoms. The van der Waals surface area contributed by atoms with Crippen LogP contribution in [0.5, 0.6) is 0 Å². The van der Waals surface area contributed by atoms with Crippen LogP contribution in [-0.2, 0) is 0 Å². The van der Waals surface area contributed by atoms with Gasteiger partial charge in [0, 0.05) is 31.3 Å². The van der Waals surface area contributed by atoms with E-state index in [-0.39, 0.29) is 5.91 Å². The van der Waals surface area contributed by atoms with E-state index >= 15 is 0 Å². The molecule has 3 rings (SSSR count). The van der Waals surface area contributed by atoms with Gasteiger partial charge in [0.05, 0.1) is 17.0 Å². The maximum atomic E-state index is 11.9. The Hall–Kier alpha value is -2.96. The lowest BCUT2D eigenvalue weighted by molar-refractivity contribution is 0.0964. The fourth-order valence-electron chi connectivity index (χ4n) is 2.08. The molecule has 1 amide bonds. The lowest BCUT2D eigenvalue weighted by atomic mass is 10.1. The molecule has 0 aliphatic heterocycles. The number of hydrogen-bond acceptors (Lipinski definition) is 4. The Balaban J connectivity index is 2.12. The third kappa shape index (κ3) is 2.40. The lowest BCUT2D eigenvalue weighted by Crippen LogP contribution is -2.18. The molecule has 0 aliphatic rings. The van der Waals surface area contributed by atoms with Gasteiger partial charge < -0.3 is 10.3 Å². The van der Waals surface area contributed by atoms with Gasteiger partial charge in [0.2, 0.25) is 5.95 Å². The number of amides is 1. The number of aryl methyl sites for hydroxylation is 1. The van der Waals surface area contributed by atoms with Crippen LogP contribution in [0, 0.1) is 6.92 Å². The summed E-state index contributed by atoms with van der Waals surface area (Å²) in [4.78, 5) is 27.8. The first-order valence-corrected chi connectivity index (χ1v) is 6.43. The number of carbonyl (C=O) groups excluding carboxylic acids is 1. The maximum Gasteiger partial charge on any atom is 0.253 e. The third-order valence-corrected chi connectivity index (χ3v) is 3.05. The average molecular weight is 282 g/mol. The van der Waals surface area contributed by atoms with Gasteiger partial charge in [-0.3, -0.25) is 9.36 Å². The summed E-state index contributed by atoms with van der Waals surface area (Å²) < 4.78 is 1.72. The highest BCUT2D eigenvalue weighted by Gasteiger charge is 2.15. The minimum atomic E-state index is -0.160. The number of H-pyrrole nitrogens is 1. The van der Waals surface area contributed by atoms with Crippen molar-refractivity contribution in [1.29, 1.82) is 0 Å². The number of aromatic amines is 1. The molecule has 7 heteroatoms. The molecular formula is C14H14N6O. The molecule has 0 atom stereocenters. The monoisotopic (exact) mass is 282 g/mol. The number of nitrogens with zero attached hydrogens (tertiary/aromatic N) is 4. The Labute approximate surface area is 121 Å². The molecule has 0 aliphatic carbocycles. The number of rotatable bonds is 3. The summed E-state index contributed by atoms with van der Waals surface area (Å²) >= 11 is 0. The van der Waals surface area contributed by atoms with Crippen LogP contribution in [0.25, 0.3) is 17.3 Å². The van der Waals surface area contributed by atoms with Gasteiger partial charge in [-0.1, -0.05) is 0 Å². The van der Waals surface area contributed by atoms with Gasteiger partial charge in [0.15, 0.2) is 0 Å². The van der Waals surface area contributed by atoms with Crippen molar-refractivity contribution >= 4 is 5.91 Å². The first kappa shape index (κ1) is 13.0. The number of aromatic nitrogens is 5. The number of hydrogen-bond donors (Lipinski definition) is 2. The van der Waals surface area contributed by atoms with E-state index in [9.17, 15) is 4.79 Å². The van der Waals surface area contributed by atoms with Crippen LogP contribution >= 0.6 is 0 Å². The second kappa shape index (κ2) is 5.20. The fourth-order valence-corrected chi connectivity index (χ4v) is 2.08. The van der Waals surface area contributed by atoms with Crippen molar-refractivity contribution in [1.82, 2.24) is 29.8 Å². The van der Waals surface area contributed by atoms with Crippen LogP contribution in [0.2, 0.25) is 0 Å². The van der Waals surface area contributed by atoms with Crippen LogP contribution < -0.4 is 5.32 Å². The van der Waals surface area contributed by atoms with Crippen molar-refractivity contribution < 1.29 is 4.79 Å². The molecule has 0 saturated carbocycles. The van der Waals surface area contributed by atoms with E-state index in [2.05, 4.69) is 25.3 Å². The van der Waals surface area contributed by atoms with Crippen molar-refractivity contribution in [3.63, 3.8) is 0 Å². The smallest absolute Gasteiger partial charge is 0.253 e. The Bertz CT molecular complexity index is 775. The zero-order valence-corrected chi connectivity index (χ0v) is 11.7. The van der Waals surface area contributed by atoms with E-state index in [0.717, 1.165) is 5.69 Å². The highest BCUT2D eigenvalue weighted by Crippen LogP contribution is 2.21. The summed E-state index contributed by atoms with van der Waals surface area (Å²) in [6.45, 7) is 1.88. The molecule has 0 bridgehead atoms. The fraction of sp³-hybridized carbons (Fsp3) is 0.143.